The minimum atomic E-state index is 0.653. The van der Waals surface area contributed by atoms with E-state index in [1.165, 1.54) is 48.7 Å². The summed E-state index contributed by atoms with van der Waals surface area (Å²) in [4.78, 5) is 0. The van der Waals surface area contributed by atoms with Gasteiger partial charge < -0.3 is 0 Å². The zero-order chi connectivity index (χ0) is 29.8. The molecule has 0 radical (unpaired) electrons. The Hall–Kier alpha value is -5.78. The van der Waals surface area contributed by atoms with Crippen LogP contribution >= 0.6 is 0 Å². The minimum Gasteiger partial charge on any atom is -0.200 e. The molecule has 7 aromatic carbocycles. The van der Waals surface area contributed by atoms with Crippen molar-refractivity contribution in [2.24, 2.45) is 7.05 Å². The molecule has 0 saturated heterocycles. The summed E-state index contributed by atoms with van der Waals surface area (Å²) < 4.78 is 2.09. The maximum absolute atomic E-state index is 10.2. The zero-order valence-electron chi connectivity index (χ0n) is 24.7. The summed E-state index contributed by atoms with van der Waals surface area (Å²) in [5.41, 5.74) is 2.94. The first-order valence-corrected chi connectivity index (χ1v) is 15.0. The number of nitriles is 1. The molecule has 0 aliphatic heterocycles. The Labute approximate surface area is 255 Å². The Morgan fingerprint density at radius 3 is 1.43 bits per heavy atom. The molecule has 0 spiro atoms. The second kappa shape index (κ2) is 10.2. The number of benzene rings is 6. The summed E-state index contributed by atoms with van der Waals surface area (Å²) in [6.45, 7) is 2.21. The topological polar surface area (TPSA) is 27.7 Å². The molecule has 0 fully saturated rings. The Balaban J connectivity index is 1.69. The molecular formula is C42H29N2+. The van der Waals surface area contributed by atoms with Gasteiger partial charge in [-0.1, -0.05) is 97.1 Å². The minimum absolute atomic E-state index is 0.653. The fourth-order valence-corrected chi connectivity index (χ4v) is 6.76. The van der Waals surface area contributed by atoms with E-state index in [4.69, 9.17) is 0 Å². The van der Waals surface area contributed by atoms with Gasteiger partial charge in [-0.2, -0.15) is 9.83 Å². The van der Waals surface area contributed by atoms with Crippen LogP contribution in [0.3, 0.4) is 0 Å². The highest BCUT2D eigenvalue weighted by Crippen LogP contribution is 2.33. The van der Waals surface area contributed by atoms with E-state index in [1.807, 2.05) is 13.2 Å². The maximum Gasteiger partial charge on any atom is 0.213 e. The third-order valence-electron chi connectivity index (χ3n) is 9.06. The van der Waals surface area contributed by atoms with Gasteiger partial charge in [0.15, 0.2) is 6.20 Å². The summed E-state index contributed by atoms with van der Waals surface area (Å²) in [7, 11) is 2.04. The molecule has 12 bridgehead atoms. The lowest BCUT2D eigenvalue weighted by atomic mass is 9.95. The lowest BCUT2D eigenvalue weighted by molar-refractivity contribution is -0.644. The summed E-state index contributed by atoms with van der Waals surface area (Å²) in [5.74, 6) is 0. The van der Waals surface area contributed by atoms with Crippen molar-refractivity contribution >= 4 is 75.5 Å². The van der Waals surface area contributed by atoms with Gasteiger partial charge in [-0.15, -0.1) is 0 Å². The Morgan fingerprint density at radius 2 is 0.909 bits per heavy atom. The maximum atomic E-state index is 10.2. The van der Waals surface area contributed by atoms with E-state index < -0.39 is 0 Å². The number of aromatic nitrogens is 1. The van der Waals surface area contributed by atoms with Crippen molar-refractivity contribution in [1.29, 1.82) is 5.26 Å². The van der Waals surface area contributed by atoms with E-state index in [9.17, 15) is 5.26 Å². The average Bonchev–Trinajstić information content (AvgIpc) is 3.08. The highest BCUT2D eigenvalue weighted by molar-refractivity contribution is 6.14. The van der Waals surface area contributed by atoms with Crippen LogP contribution in [0.5, 0.6) is 0 Å². The van der Waals surface area contributed by atoms with Crippen LogP contribution < -0.4 is 4.57 Å². The summed E-state index contributed by atoms with van der Waals surface area (Å²) in [6.07, 6.45) is 1.97. The van der Waals surface area contributed by atoms with Crippen molar-refractivity contribution in [2.75, 3.05) is 0 Å². The number of nitrogens with zero attached hydrogens (tertiary/aromatic N) is 2. The second-order valence-electron chi connectivity index (χ2n) is 11.7. The Kier molecular flexibility index (Phi) is 6.00. The summed E-state index contributed by atoms with van der Waals surface area (Å²) in [5, 5.41) is 25.2. The van der Waals surface area contributed by atoms with Gasteiger partial charge in [-0.3, -0.25) is 0 Å². The van der Waals surface area contributed by atoms with Crippen LogP contribution in [-0.2, 0) is 7.05 Å². The molecule has 0 unspecified atom stereocenters. The van der Waals surface area contributed by atoms with Crippen LogP contribution in [0.4, 0.5) is 0 Å². The monoisotopic (exact) mass is 561 g/mol. The van der Waals surface area contributed by atoms with Crippen LogP contribution in [0, 0.1) is 18.3 Å². The smallest absolute Gasteiger partial charge is 0.200 e. The molecule has 0 aliphatic carbocycles. The molecule has 0 atom stereocenters. The van der Waals surface area contributed by atoms with Gasteiger partial charge in [0, 0.05) is 11.5 Å². The summed E-state index contributed by atoms with van der Waals surface area (Å²) in [6, 6.07) is 50.7. The van der Waals surface area contributed by atoms with Crippen molar-refractivity contribution < 1.29 is 4.57 Å². The van der Waals surface area contributed by atoms with Gasteiger partial charge in [0.05, 0.1) is 5.39 Å². The molecule has 0 N–H and O–H groups in total. The first-order chi connectivity index (χ1) is 21.6. The van der Waals surface area contributed by atoms with Crippen LogP contribution in [0.15, 0.2) is 140 Å². The molecule has 0 aliphatic rings. The SMILES string of the molecule is Cc1c2ccccc2c2cc1c1cc(c(C#N)c[n+]1C)c1cccc(c1)c1cccc(c1)c1cccc(c1)c1cccc2c1. The van der Waals surface area contributed by atoms with Gasteiger partial charge in [0.2, 0.25) is 5.52 Å². The standard InChI is InChI=1S/C42H29N2/c1-27-37-17-3-4-18-38(37)41-23-39(27)42-24-40(36(25-43)26-44(42)2)34-15-7-13-32(21-34)30-11-5-9-28(19-30)29-10-6-12-31(20-29)33-14-8-16-35(41)22-33/h3-24,26H,1-2H3/q+1. The highest BCUT2D eigenvalue weighted by atomic mass is 14.9. The molecule has 2 nitrogen and oxygen atoms in total. The molecule has 0 saturated carbocycles. The van der Waals surface area contributed by atoms with E-state index in [1.54, 1.807) is 0 Å². The van der Waals surface area contributed by atoms with Gasteiger partial charge >= 0.3 is 0 Å². The van der Waals surface area contributed by atoms with Crippen LogP contribution in [0.25, 0.3) is 75.5 Å². The van der Waals surface area contributed by atoms with Crippen LogP contribution in [0.2, 0.25) is 0 Å². The molecule has 44 heavy (non-hydrogen) atoms. The first kappa shape index (κ1) is 25.9. The number of aryl methyl sites for hydroxylation is 2. The van der Waals surface area contributed by atoms with Crippen molar-refractivity contribution in [2.45, 2.75) is 6.92 Å². The van der Waals surface area contributed by atoms with Gasteiger partial charge in [0.1, 0.15) is 18.7 Å². The molecule has 1 heterocycles. The molecule has 8 rings (SSSR count). The largest absolute Gasteiger partial charge is 0.213 e. The molecule has 1 aromatic heterocycles. The fraction of sp³-hybridized carbons (Fsp3) is 0.0476. The molecule has 0 amide bonds. The quantitative estimate of drug-likeness (QED) is 0.169. The number of fused-ring (bicyclic) bond motifs is 20. The Morgan fingerprint density at radius 1 is 0.455 bits per heavy atom. The molecule has 8 aromatic rings. The van der Waals surface area contributed by atoms with Crippen molar-refractivity contribution in [1.82, 2.24) is 0 Å². The number of rotatable bonds is 0. The highest BCUT2D eigenvalue weighted by Gasteiger charge is 2.14. The van der Waals surface area contributed by atoms with Gasteiger partial charge in [0.25, 0.3) is 0 Å². The third kappa shape index (κ3) is 4.22. The van der Waals surface area contributed by atoms with E-state index in [0.29, 0.717) is 5.56 Å². The predicted octanol–water partition coefficient (Wildman–Crippen LogP) is 10.5. The van der Waals surface area contributed by atoms with Crippen LogP contribution in [-0.4, -0.2) is 0 Å². The molecule has 206 valence electrons. The number of pyridine rings is 1. The summed E-state index contributed by atoms with van der Waals surface area (Å²) >= 11 is 0. The van der Waals surface area contributed by atoms with E-state index >= 15 is 0 Å². The van der Waals surface area contributed by atoms with Gasteiger partial charge in [-0.05, 0) is 102 Å². The lowest BCUT2D eigenvalue weighted by Crippen LogP contribution is -2.28. The van der Waals surface area contributed by atoms with Crippen molar-refractivity contribution in [3.63, 3.8) is 0 Å². The fourth-order valence-electron chi connectivity index (χ4n) is 6.76. The predicted molar refractivity (Wildman–Crippen MR) is 186 cm³/mol. The van der Waals surface area contributed by atoms with Crippen molar-refractivity contribution in [3.05, 3.63) is 151 Å². The van der Waals surface area contributed by atoms with Gasteiger partial charge in [-0.25, -0.2) is 0 Å². The third-order valence-corrected chi connectivity index (χ3v) is 9.06. The van der Waals surface area contributed by atoms with Crippen LogP contribution in [0.1, 0.15) is 11.1 Å². The molecule has 2 heteroatoms. The molecular weight excluding hydrogens is 532 g/mol. The van der Waals surface area contributed by atoms with E-state index in [0.717, 1.165) is 32.4 Å². The number of hydrogen-bond donors (Lipinski definition) is 0. The lowest BCUT2D eigenvalue weighted by Gasteiger charge is -2.09. The van der Waals surface area contributed by atoms with E-state index in [-0.39, 0.29) is 0 Å². The normalized spacial score (nSPS) is 11.4. The Bertz CT molecular complexity index is 2640. The average molecular weight is 562 g/mol. The number of hydrogen-bond acceptors (Lipinski definition) is 1. The first-order valence-electron chi connectivity index (χ1n) is 15.0. The van der Waals surface area contributed by atoms with Crippen molar-refractivity contribution in [3.8, 4) is 6.07 Å². The van der Waals surface area contributed by atoms with E-state index in [2.05, 4.69) is 151 Å². The zero-order valence-corrected chi connectivity index (χ0v) is 24.7. The second-order valence-corrected chi connectivity index (χ2v) is 11.7.